The van der Waals surface area contributed by atoms with Gasteiger partial charge in [-0.25, -0.2) is 4.98 Å². The summed E-state index contributed by atoms with van der Waals surface area (Å²) in [6, 6.07) is 0. The van der Waals surface area contributed by atoms with Crippen LogP contribution in [0.5, 0.6) is 0 Å². The van der Waals surface area contributed by atoms with Crippen LogP contribution in [0.1, 0.15) is 20.4 Å². The fourth-order valence-corrected chi connectivity index (χ4v) is 2.45. The van der Waals surface area contributed by atoms with E-state index in [0.717, 1.165) is 30.1 Å². The number of rotatable bonds is 1. The maximum Gasteiger partial charge on any atom is 0.578 e. The Morgan fingerprint density at radius 1 is 1.69 bits per heavy atom. The van der Waals surface area contributed by atoms with E-state index in [9.17, 15) is 4.79 Å². The highest BCUT2D eigenvalue weighted by Crippen LogP contribution is 2.24. The minimum atomic E-state index is -0.665. The predicted molar refractivity (Wildman–Crippen MR) is 50.1 cm³/mol. The summed E-state index contributed by atoms with van der Waals surface area (Å²) < 4.78 is 0. The maximum absolute atomic E-state index is 10.7. The van der Waals surface area contributed by atoms with Gasteiger partial charge in [-0.3, -0.25) is 0 Å². The van der Waals surface area contributed by atoms with Gasteiger partial charge >= 0.3 is 5.97 Å². The number of aromatic nitrogens is 1. The Balaban J connectivity index is 2.33. The van der Waals surface area contributed by atoms with Gasteiger partial charge in [0.15, 0.2) is 0 Å². The van der Waals surface area contributed by atoms with Crippen molar-refractivity contribution in [3.05, 3.63) is 15.6 Å². The van der Waals surface area contributed by atoms with E-state index in [4.69, 9.17) is 5.11 Å². The molecule has 0 aliphatic carbocycles. The molecule has 0 atom stereocenters. The monoisotopic (exact) mass is 199 g/mol. The molecule has 0 spiro atoms. The van der Waals surface area contributed by atoms with Crippen LogP contribution in [0.3, 0.4) is 0 Å². The van der Waals surface area contributed by atoms with Crippen LogP contribution < -0.4 is 0 Å². The van der Waals surface area contributed by atoms with Crippen LogP contribution in [0.15, 0.2) is 0 Å². The van der Waals surface area contributed by atoms with Gasteiger partial charge in [-0.2, -0.15) is 0 Å². The Hall–Kier alpha value is -0.940. The number of carbonyl (C=O) groups excluding carboxylic acids is 1. The van der Waals surface area contributed by atoms with Crippen molar-refractivity contribution in [3.8, 4) is 0 Å². The van der Waals surface area contributed by atoms with Crippen molar-refractivity contribution in [2.24, 2.45) is 0 Å². The standard InChI is InChI=1S/C8H10N2O2S/c1-10-3-2-5-6(4-10)13-7(9-5)8(11)12/h2-4H2,1H3,(H,11,12)/p+1. The summed E-state index contributed by atoms with van der Waals surface area (Å²) in [5.74, 6) is -0.665. The molecule has 1 aliphatic heterocycles. The number of fused-ring (bicyclic) bond motifs is 1. The molecule has 0 amide bonds. The van der Waals surface area contributed by atoms with Crippen LogP contribution in [-0.2, 0) is 13.0 Å². The van der Waals surface area contributed by atoms with E-state index in [1.807, 2.05) is 7.05 Å². The molecular weight excluding hydrogens is 188 g/mol. The Morgan fingerprint density at radius 2 is 2.46 bits per heavy atom. The first-order valence-electron chi connectivity index (χ1n) is 4.10. The molecule has 2 heterocycles. The van der Waals surface area contributed by atoms with Crippen molar-refractivity contribution >= 4 is 17.3 Å². The molecule has 0 aromatic carbocycles. The Morgan fingerprint density at radius 3 is 3.15 bits per heavy atom. The third-order valence-corrected chi connectivity index (χ3v) is 3.20. The van der Waals surface area contributed by atoms with Crippen molar-refractivity contribution in [1.29, 1.82) is 0 Å². The molecule has 13 heavy (non-hydrogen) atoms. The zero-order valence-electron chi connectivity index (χ0n) is 7.33. The molecule has 0 saturated heterocycles. The lowest BCUT2D eigenvalue weighted by Gasteiger charge is -2.20. The van der Waals surface area contributed by atoms with E-state index in [1.165, 1.54) is 11.3 Å². The summed E-state index contributed by atoms with van der Waals surface area (Å²) in [6.07, 6.45) is 0.898. The lowest BCUT2D eigenvalue weighted by molar-refractivity contribution is 0.0696. The van der Waals surface area contributed by atoms with Gasteiger partial charge < -0.3 is 10.0 Å². The van der Waals surface area contributed by atoms with Gasteiger partial charge in [-0.15, -0.1) is 11.3 Å². The molecule has 1 aromatic rings. The van der Waals surface area contributed by atoms with Gasteiger partial charge in [0, 0.05) is 24.4 Å². The molecule has 5 heteroatoms. The second-order valence-corrected chi connectivity index (χ2v) is 4.29. The lowest BCUT2D eigenvalue weighted by atomic mass is 10.2. The summed E-state index contributed by atoms with van der Waals surface area (Å²) in [5, 5.41) is 7.28. The van der Waals surface area contributed by atoms with Gasteiger partial charge in [0.05, 0.1) is 10.5 Å². The lowest BCUT2D eigenvalue weighted by Crippen LogP contribution is -2.25. The summed E-state index contributed by atoms with van der Waals surface area (Å²) >= 11 is 1.36. The fourth-order valence-electron chi connectivity index (χ4n) is 1.42. The first kappa shape index (κ1) is 8.65. The number of thiazole rings is 1. The second kappa shape index (κ2) is 3.08. The van der Waals surface area contributed by atoms with E-state index in [2.05, 4.69) is 9.88 Å². The Kier molecular flexibility index (Phi) is 2.05. The minimum absolute atomic E-state index is 0.334. The van der Waals surface area contributed by atoms with Crippen LogP contribution >= 0.6 is 11.3 Å². The highest BCUT2D eigenvalue weighted by molar-refractivity contribution is 7.13. The third-order valence-electron chi connectivity index (χ3n) is 2.12. The number of likely N-dealkylation sites (N-methyl/N-ethyl adjacent to an activating group) is 1. The smallest absolute Gasteiger partial charge is 0.559 e. The zero-order chi connectivity index (χ0) is 9.42. The van der Waals surface area contributed by atoms with Crippen molar-refractivity contribution < 1.29 is 9.90 Å². The molecule has 70 valence electrons. The molecule has 0 radical (unpaired) electrons. The van der Waals surface area contributed by atoms with E-state index in [0.29, 0.717) is 5.01 Å². The highest BCUT2D eigenvalue weighted by Gasteiger charge is 2.24. The molecule has 2 N–H and O–H groups in total. The molecule has 4 nitrogen and oxygen atoms in total. The SMILES string of the molecule is CN1CCc2nc(C(=O)[OH2+])sc2C1. The highest BCUT2D eigenvalue weighted by atomic mass is 32.1. The van der Waals surface area contributed by atoms with Gasteiger partial charge in [-0.1, -0.05) is 0 Å². The maximum atomic E-state index is 10.7. The van der Waals surface area contributed by atoms with Crippen LogP contribution in [0.4, 0.5) is 0 Å². The predicted octanol–water partition coefficient (Wildman–Crippen LogP) is -0.00420. The Labute approximate surface area is 79.8 Å². The van der Waals surface area contributed by atoms with Crippen LogP contribution in [-0.4, -0.2) is 34.6 Å². The molecule has 0 unspecified atom stereocenters. The van der Waals surface area contributed by atoms with Crippen molar-refractivity contribution in [1.82, 2.24) is 9.88 Å². The molecule has 0 saturated carbocycles. The third kappa shape index (κ3) is 1.57. The Bertz CT molecular complexity index is 348. The minimum Gasteiger partial charge on any atom is -0.559 e. The first-order chi connectivity index (χ1) is 6.16. The van der Waals surface area contributed by atoms with Gasteiger partial charge in [0.25, 0.3) is 5.01 Å². The number of carbonyl (C=O) groups is 1. The zero-order valence-corrected chi connectivity index (χ0v) is 8.15. The molecule has 1 aliphatic rings. The molecule has 2 rings (SSSR count). The van der Waals surface area contributed by atoms with Crippen molar-refractivity contribution in [2.45, 2.75) is 13.0 Å². The summed E-state index contributed by atoms with van der Waals surface area (Å²) in [6.45, 7) is 1.85. The second-order valence-electron chi connectivity index (χ2n) is 3.21. The first-order valence-corrected chi connectivity index (χ1v) is 4.91. The number of nitrogens with zero attached hydrogens (tertiary/aromatic N) is 2. The van der Waals surface area contributed by atoms with E-state index in [-0.39, 0.29) is 0 Å². The average Bonchev–Trinajstić information content (AvgIpc) is 2.46. The number of hydrogen-bond donors (Lipinski definition) is 0. The van der Waals surface area contributed by atoms with Gasteiger partial charge in [-0.05, 0) is 7.05 Å². The quantitative estimate of drug-likeness (QED) is 0.598. The van der Waals surface area contributed by atoms with Crippen LogP contribution in [0, 0.1) is 0 Å². The van der Waals surface area contributed by atoms with E-state index < -0.39 is 5.97 Å². The topological polar surface area (TPSA) is 56.1 Å². The average molecular weight is 199 g/mol. The van der Waals surface area contributed by atoms with E-state index >= 15 is 0 Å². The van der Waals surface area contributed by atoms with Gasteiger partial charge in [0.2, 0.25) is 0 Å². The van der Waals surface area contributed by atoms with Crippen molar-refractivity contribution in [2.75, 3.05) is 13.6 Å². The largest absolute Gasteiger partial charge is 0.578 e. The molecule has 0 bridgehead atoms. The van der Waals surface area contributed by atoms with Crippen LogP contribution in [0.2, 0.25) is 0 Å². The summed E-state index contributed by atoms with van der Waals surface area (Å²) in [4.78, 5) is 18.2. The molecule has 1 aromatic heterocycles. The normalized spacial score (nSPS) is 17.0. The van der Waals surface area contributed by atoms with Crippen molar-refractivity contribution in [3.63, 3.8) is 0 Å². The fraction of sp³-hybridized carbons (Fsp3) is 0.500. The van der Waals surface area contributed by atoms with E-state index in [1.54, 1.807) is 0 Å². The summed E-state index contributed by atoms with van der Waals surface area (Å²) in [7, 11) is 2.05. The number of hydrogen-bond acceptors (Lipinski definition) is 4. The summed E-state index contributed by atoms with van der Waals surface area (Å²) in [5.41, 5.74) is 1.01. The van der Waals surface area contributed by atoms with Gasteiger partial charge in [0.1, 0.15) is 0 Å². The molecule has 0 fully saturated rings. The molecular formula is C8H11N2O2S+. The van der Waals surface area contributed by atoms with Crippen LogP contribution in [0.25, 0.3) is 0 Å².